The Bertz CT molecular complexity index is 564. The minimum atomic E-state index is 0.417. The lowest BCUT2D eigenvalue weighted by Crippen LogP contribution is -2.11. The van der Waals surface area contributed by atoms with E-state index >= 15 is 0 Å². The molecule has 2 aromatic heterocycles. The van der Waals surface area contributed by atoms with Crippen LogP contribution in [0.5, 0.6) is 0 Å². The molecule has 0 aliphatic heterocycles. The van der Waals surface area contributed by atoms with Gasteiger partial charge in [-0.3, -0.25) is 4.79 Å². The van der Waals surface area contributed by atoms with Crippen molar-refractivity contribution in [1.29, 1.82) is 0 Å². The highest BCUT2D eigenvalue weighted by atomic mass is 16.5. The SMILES string of the molecule is Cc1noc(C)c1Cn1nnc(C=O)c1CC(C)C. The lowest BCUT2D eigenvalue weighted by molar-refractivity contribution is 0.111. The number of hydrogen-bond acceptors (Lipinski definition) is 5. The summed E-state index contributed by atoms with van der Waals surface area (Å²) in [7, 11) is 0. The van der Waals surface area contributed by atoms with Crippen LogP contribution in [-0.2, 0) is 13.0 Å². The number of nitrogens with zero attached hydrogens (tertiary/aromatic N) is 4. The zero-order chi connectivity index (χ0) is 14.0. The summed E-state index contributed by atoms with van der Waals surface area (Å²) in [6.07, 6.45) is 1.53. The van der Waals surface area contributed by atoms with E-state index in [0.717, 1.165) is 35.4 Å². The van der Waals surface area contributed by atoms with E-state index in [9.17, 15) is 4.79 Å². The van der Waals surface area contributed by atoms with Gasteiger partial charge in [0.1, 0.15) is 11.5 Å². The number of aryl methyl sites for hydroxylation is 2. The molecular weight excluding hydrogens is 244 g/mol. The second-order valence-electron chi connectivity index (χ2n) is 5.10. The van der Waals surface area contributed by atoms with E-state index < -0.39 is 0 Å². The van der Waals surface area contributed by atoms with Gasteiger partial charge in [0.25, 0.3) is 0 Å². The highest BCUT2D eigenvalue weighted by molar-refractivity contribution is 5.73. The molecule has 0 atom stereocenters. The van der Waals surface area contributed by atoms with Gasteiger partial charge in [0.05, 0.1) is 17.9 Å². The summed E-state index contributed by atoms with van der Waals surface area (Å²) in [5, 5.41) is 11.9. The van der Waals surface area contributed by atoms with Crippen LogP contribution in [-0.4, -0.2) is 26.4 Å². The van der Waals surface area contributed by atoms with Crippen molar-refractivity contribution in [2.24, 2.45) is 5.92 Å². The van der Waals surface area contributed by atoms with Crippen LogP contribution in [0.15, 0.2) is 4.52 Å². The molecule has 2 heterocycles. The van der Waals surface area contributed by atoms with Gasteiger partial charge in [-0.1, -0.05) is 24.2 Å². The molecule has 0 aliphatic rings. The highest BCUT2D eigenvalue weighted by Crippen LogP contribution is 2.17. The molecule has 6 nitrogen and oxygen atoms in total. The van der Waals surface area contributed by atoms with Crippen LogP contribution in [0.25, 0.3) is 0 Å². The van der Waals surface area contributed by atoms with Crippen LogP contribution < -0.4 is 0 Å². The third kappa shape index (κ3) is 2.72. The fourth-order valence-electron chi connectivity index (χ4n) is 2.04. The lowest BCUT2D eigenvalue weighted by atomic mass is 10.1. The van der Waals surface area contributed by atoms with Gasteiger partial charge >= 0.3 is 0 Å². The van der Waals surface area contributed by atoms with Crippen LogP contribution in [0.2, 0.25) is 0 Å². The van der Waals surface area contributed by atoms with Crippen LogP contribution in [0.4, 0.5) is 0 Å². The van der Waals surface area contributed by atoms with E-state index in [4.69, 9.17) is 4.52 Å². The molecule has 0 saturated carbocycles. The molecule has 2 rings (SSSR count). The zero-order valence-corrected chi connectivity index (χ0v) is 11.7. The first-order valence-corrected chi connectivity index (χ1v) is 6.32. The number of hydrogen-bond donors (Lipinski definition) is 0. The first-order valence-electron chi connectivity index (χ1n) is 6.32. The maximum absolute atomic E-state index is 11.0. The van der Waals surface area contributed by atoms with Crippen molar-refractivity contribution < 1.29 is 9.32 Å². The Morgan fingerprint density at radius 1 is 1.37 bits per heavy atom. The molecule has 0 saturated heterocycles. The topological polar surface area (TPSA) is 73.8 Å². The Balaban J connectivity index is 2.35. The molecule has 0 fully saturated rings. The Kier molecular flexibility index (Phi) is 3.78. The van der Waals surface area contributed by atoms with Crippen molar-refractivity contribution in [1.82, 2.24) is 20.2 Å². The summed E-state index contributed by atoms with van der Waals surface area (Å²) in [5.41, 5.74) is 3.12. The molecule has 0 amide bonds. The molecule has 0 N–H and O–H groups in total. The van der Waals surface area contributed by atoms with Crippen LogP contribution >= 0.6 is 0 Å². The Morgan fingerprint density at radius 3 is 2.63 bits per heavy atom. The van der Waals surface area contributed by atoms with Gasteiger partial charge < -0.3 is 4.52 Å². The average molecular weight is 262 g/mol. The van der Waals surface area contributed by atoms with E-state index in [-0.39, 0.29) is 0 Å². The van der Waals surface area contributed by atoms with Crippen molar-refractivity contribution >= 4 is 6.29 Å². The Hall–Kier alpha value is -1.98. The van der Waals surface area contributed by atoms with Crippen LogP contribution in [0, 0.1) is 19.8 Å². The highest BCUT2D eigenvalue weighted by Gasteiger charge is 2.17. The van der Waals surface area contributed by atoms with Gasteiger partial charge in [-0.05, 0) is 26.2 Å². The van der Waals surface area contributed by atoms with Crippen molar-refractivity contribution in [2.75, 3.05) is 0 Å². The number of rotatable bonds is 5. The van der Waals surface area contributed by atoms with Crippen molar-refractivity contribution in [2.45, 2.75) is 40.7 Å². The first kappa shape index (κ1) is 13.5. The fourth-order valence-corrected chi connectivity index (χ4v) is 2.04. The van der Waals surface area contributed by atoms with Crippen molar-refractivity contribution in [3.63, 3.8) is 0 Å². The lowest BCUT2D eigenvalue weighted by Gasteiger charge is -2.08. The maximum atomic E-state index is 11.0. The minimum Gasteiger partial charge on any atom is -0.361 e. The first-order chi connectivity index (χ1) is 9.02. The average Bonchev–Trinajstić information content (AvgIpc) is 2.87. The van der Waals surface area contributed by atoms with E-state index in [1.807, 2.05) is 13.8 Å². The normalized spacial score (nSPS) is 11.2. The molecule has 0 spiro atoms. The van der Waals surface area contributed by atoms with Gasteiger partial charge in [-0.15, -0.1) is 5.10 Å². The molecule has 102 valence electrons. The smallest absolute Gasteiger partial charge is 0.172 e. The summed E-state index contributed by atoms with van der Waals surface area (Å²) in [5.74, 6) is 1.21. The van der Waals surface area contributed by atoms with Crippen LogP contribution in [0.1, 0.15) is 47.0 Å². The third-order valence-electron chi connectivity index (χ3n) is 3.07. The van der Waals surface area contributed by atoms with Crippen LogP contribution in [0.3, 0.4) is 0 Å². The quantitative estimate of drug-likeness (QED) is 0.770. The van der Waals surface area contributed by atoms with Gasteiger partial charge in [-0.25, -0.2) is 4.68 Å². The van der Waals surface area contributed by atoms with E-state index in [0.29, 0.717) is 18.2 Å². The van der Waals surface area contributed by atoms with Gasteiger partial charge in [-0.2, -0.15) is 0 Å². The monoisotopic (exact) mass is 262 g/mol. The summed E-state index contributed by atoms with van der Waals surface area (Å²) in [4.78, 5) is 11.0. The second kappa shape index (κ2) is 5.34. The summed E-state index contributed by atoms with van der Waals surface area (Å²) < 4.78 is 6.90. The van der Waals surface area contributed by atoms with Crippen molar-refractivity contribution in [3.8, 4) is 0 Å². The second-order valence-corrected chi connectivity index (χ2v) is 5.10. The molecular formula is C13H18N4O2. The predicted molar refractivity (Wildman–Crippen MR) is 69.0 cm³/mol. The number of carbonyl (C=O) groups is 1. The zero-order valence-electron chi connectivity index (χ0n) is 11.7. The molecule has 19 heavy (non-hydrogen) atoms. The molecule has 6 heteroatoms. The van der Waals surface area contributed by atoms with Gasteiger partial charge in [0, 0.05) is 5.56 Å². The Labute approximate surface area is 111 Å². The van der Waals surface area contributed by atoms with Gasteiger partial charge in [0.15, 0.2) is 6.29 Å². The number of carbonyl (C=O) groups excluding carboxylic acids is 1. The number of aldehydes is 1. The van der Waals surface area contributed by atoms with Gasteiger partial charge in [0.2, 0.25) is 0 Å². The van der Waals surface area contributed by atoms with E-state index in [1.165, 1.54) is 0 Å². The van der Waals surface area contributed by atoms with E-state index in [2.05, 4.69) is 29.3 Å². The summed E-state index contributed by atoms with van der Waals surface area (Å²) in [6, 6.07) is 0. The largest absolute Gasteiger partial charge is 0.361 e. The molecule has 0 unspecified atom stereocenters. The standard InChI is InChI=1S/C13H18N4O2/c1-8(2)5-13-12(7-18)14-16-17(13)6-11-9(3)15-19-10(11)4/h7-8H,5-6H2,1-4H3. The number of aromatic nitrogens is 4. The molecule has 0 aromatic carbocycles. The molecule has 2 aromatic rings. The molecule has 0 aliphatic carbocycles. The summed E-state index contributed by atoms with van der Waals surface area (Å²) >= 11 is 0. The van der Waals surface area contributed by atoms with E-state index in [1.54, 1.807) is 4.68 Å². The third-order valence-corrected chi connectivity index (χ3v) is 3.07. The fraction of sp³-hybridized carbons (Fsp3) is 0.538. The molecule has 0 bridgehead atoms. The molecule has 0 radical (unpaired) electrons. The predicted octanol–water partition coefficient (Wildman–Crippen LogP) is 1.94. The minimum absolute atomic E-state index is 0.417. The van der Waals surface area contributed by atoms with Crippen molar-refractivity contribution in [3.05, 3.63) is 28.4 Å². The summed E-state index contributed by atoms with van der Waals surface area (Å²) in [6.45, 7) is 8.49. The Morgan fingerprint density at radius 2 is 2.11 bits per heavy atom. The maximum Gasteiger partial charge on any atom is 0.172 e.